The summed E-state index contributed by atoms with van der Waals surface area (Å²) in [6, 6.07) is -0.815. The van der Waals surface area contributed by atoms with Gasteiger partial charge in [-0.25, -0.2) is 0 Å². The van der Waals surface area contributed by atoms with Crippen LogP contribution in [0.5, 0.6) is 0 Å². The molecule has 5 nitrogen and oxygen atoms in total. The third-order valence-electron chi connectivity index (χ3n) is 1.22. The molecule has 0 spiro atoms. The van der Waals surface area contributed by atoms with E-state index in [4.69, 9.17) is 4.55 Å². The Bertz CT molecular complexity index is 233. The Hall–Kier alpha value is -0.460. The van der Waals surface area contributed by atoms with Crippen molar-refractivity contribution >= 4 is 15.9 Å². The van der Waals surface area contributed by atoms with Crippen molar-refractivity contribution in [2.24, 2.45) is 0 Å². The molecule has 0 heterocycles. The molecule has 6 heteroatoms. The molecule has 0 aliphatic carbocycles. The van der Waals surface area contributed by atoms with Gasteiger partial charge in [0.1, 0.15) is 5.78 Å². The van der Waals surface area contributed by atoms with Gasteiger partial charge in [-0.2, -0.15) is 8.42 Å². The zero-order chi connectivity index (χ0) is 9.07. The average Bonchev–Trinajstić information content (AvgIpc) is 1.80. The maximum Gasteiger partial charge on any atom is 0.266 e. The van der Waals surface area contributed by atoms with Crippen molar-refractivity contribution in [1.82, 2.24) is 5.32 Å². The van der Waals surface area contributed by atoms with Crippen molar-refractivity contribution in [3.63, 3.8) is 0 Å². The van der Waals surface area contributed by atoms with Crippen molar-refractivity contribution in [2.45, 2.75) is 13.0 Å². The summed E-state index contributed by atoms with van der Waals surface area (Å²) in [6.45, 7) is 1.26. The minimum Gasteiger partial charge on any atom is -0.310 e. The second-order valence-corrected chi connectivity index (χ2v) is 3.70. The van der Waals surface area contributed by atoms with Gasteiger partial charge in [0.25, 0.3) is 10.1 Å². The largest absolute Gasteiger partial charge is 0.310 e. The number of Topliss-reactive ketones (excluding diaryl/α,β-unsaturated/α-hetero) is 1. The lowest BCUT2D eigenvalue weighted by Crippen LogP contribution is -2.38. The third kappa shape index (κ3) is 4.88. The molecule has 11 heavy (non-hydrogen) atoms. The van der Waals surface area contributed by atoms with Crippen LogP contribution in [0.4, 0.5) is 0 Å². The van der Waals surface area contributed by atoms with Gasteiger partial charge in [-0.1, -0.05) is 0 Å². The molecule has 0 fully saturated rings. The molecule has 1 atom stereocenters. The highest BCUT2D eigenvalue weighted by atomic mass is 32.2. The number of likely N-dealkylation sites (N-methyl/N-ethyl adjacent to an activating group) is 1. The lowest BCUT2D eigenvalue weighted by atomic mass is 10.2. The number of nitrogens with one attached hydrogen (secondary N) is 1. The first kappa shape index (κ1) is 10.5. The third-order valence-corrected chi connectivity index (χ3v) is 1.97. The Morgan fingerprint density at radius 1 is 1.64 bits per heavy atom. The van der Waals surface area contributed by atoms with E-state index in [9.17, 15) is 13.2 Å². The molecule has 66 valence electrons. The Labute approximate surface area is 65.5 Å². The quantitative estimate of drug-likeness (QED) is 0.546. The molecule has 0 aromatic carbocycles. The van der Waals surface area contributed by atoms with E-state index in [0.29, 0.717) is 0 Å². The predicted molar refractivity (Wildman–Crippen MR) is 39.9 cm³/mol. The topological polar surface area (TPSA) is 83.5 Å². The van der Waals surface area contributed by atoms with Crippen LogP contribution in [0.25, 0.3) is 0 Å². The fourth-order valence-electron chi connectivity index (χ4n) is 0.615. The Balaban J connectivity index is 4.22. The van der Waals surface area contributed by atoms with E-state index in [1.54, 1.807) is 0 Å². The van der Waals surface area contributed by atoms with Gasteiger partial charge < -0.3 is 5.32 Å². The van der Waals surface area contributed by atoms with Crippen molar-refractivity contribution in [3.05, 3.63) is 0 Å². The van der Waals surface area contributed by atoms with Crippen LogP contribution in [0.15, 0.2) is 0 Å². The van der Waals surface area contributed by atoms with Gasteiger partial charge in [0, 0.05) is 0 Å². The Morgan fingerprint density at radius 2 is 2.09 bits per heavy atom. The maximum atomic E-state index is 10.6. The second kappa shape index (κ2) is 3.80. The van der Waals surface area contributed by atoms with Crippen LogP contribution in [0, 0.1) is 0 Å². The van der Waals surface area contributed by atoms with Crippen LogP contribution < -0.4 is 5.32 Å². The molecule has 0 bridgehead atoms. The molecule has 0 aromatic heterocycles. The summed E-state index contributed by atoms with van der Waals surface area (Å²) in [5, 5.41) is 2.47. The molecule has 0 radical (unpaired) electrons. The van der Waals surface area contributed by atoms with E-state index < -0.39 is 21.9 Å². The standard InChI is InChI=1S/C5H11NO4S/c1-4(7)5(6-2)3-11(8,9)10/h5-6H,3H2,1-2H3,(H,8,9,10)/t5-/m0/s1. The van der Waals surface area contributed by atoms with Crippen LogP contribution in [-0.4, -0.2) is 37.6 Å². The van der Waals surface area contributed by atoms with Crippen molar-refractivity contribution in [2.75, 3.05) is 12.8 Å². The molecule has 0 aromatic rings. The average molecular weight is 181 g/mol. The summed E-state index contributed by atoms with van der Waals surface area (Å²) < 4.78 is 28.9. The highest BCUT2D eigenvalue weighted by molar-refractivity contribution is 7.85. The minimum absolute atomic E-state index is 0.315. The highest BCUT2D eigenvalue weighted by Crippen LogP contribution is 1.91. The summed E-state index contributed by atoms with van der Waals surface area (Å²) >= 11 is 0. The minimum atomic E-state index is -4.06. The van der Waals surface area contributed by atoms with E-state index in [0.717, 1.165) is 0 Å². The monoisotopic (exact) mass is 181 g/mol. The van der Waals surface area contributed by atoms with E-state index in [2.05, 4.69) is 5.32 Å². The van der Waals surface area contributed by atoms with Gasteiger partial charge in [0.05, 0.1) is 11.8 Å². The van der Waals surface area contributed by atoms with Gasteiger partial charge in [-0.15, -0.1) is 0 Å². The van der Waals surface area contributed by atoms with Crippen LogP contribution >= 0.6 is 0 Å². The van der Waals surface area contributed by atoms with Gasteiger partial charge >= 0.3 is 0 Å². The number of hydrogen-bond donors (Lipinski definition) is 2. The molecule has 0 saturated heterocycles. The maximum absolute atomic E-state index is 10.6. The van der Waals surface area contributed by atoms with E-state index in [1.165, 1.54) is 14.0 Å². The first-order valence-corrected chi connectivity index (χ1v) is 4.60. The summed E-state index contributed by atoms with van der Waals surface area (Å²) in [4.78, 5) is 10.6. The summed E-state index contributed by atoms with van der Waals surface area (Å²) in [5.74, 6) is -0.885. The normalized spacial score (nSPS) is 14.5. The van der Waals surface area contributed by atoms with Crippen LogP contribution in [-0.2, 0) is 14.9 Å². The van der Waals surface area contributed by atoms with E-state index in [-0.39, 0.29) is 5.78 Å². The second-order valence-electron chi connectivity index (χ2n) is 2.20. The fourth-order valence-corrected chi connectivity index (χ4v) is 1.44. The van der Waals surface area contributed by atoms with Crippen LogP contribution in [0.1, 0.15) is 6.92 Å². The molecule has 0 aliphatic rings. The first-order chi connectivity index (χ1) is 4.87. The summed E-state index contributed by atoms with van der Waals surface area (Å²) in [5.41, 5.74) is 0. The Kier molecular flexibility index (Phi) is 3.64. The molecular weight excluding hydrogens is 170 g/mol. The Morgan fingerprint density at radius 3 is 2.18 bits per heavy atom. The molecule has 2 N–H and O–H groups in total. The van der Waals surface area contributed by atoms with E-state index in [1.807, 2.05) is 0 Å². The van der Waals surface area contributed by atoms with Crippen molar-refractivity contribution in [1.29, 1.82) is 0 Å². The van der Waals surface area contributed by atoms with Gasteiger partial charge in [0.15, 0.2) is 0 Å². The highest BCUT2D eigenvalue weighted by Gasteiger charge is 2.18. The fraction of sp³-hybridized carbons (Fsp3) is 0.800. The van der Waals surface area contributed by atoms with Crippen LogP contribution in [0.3, 0.4) is 0 Å². The summed E-state index contributed by atoms with van der Waals surface area (Å²) in [7, 11) is -2.61. The summed E-state index contributed by atoms with van der Waals surface area (Å²) in [6.07, 6.45) is 0. The van der Waals surface area contributed by atoms with Crippen molar-refractivity contribution in [3.8, 4) is 0 Å². The number of hydrogen-bond acceptors (Lipinski definition) is 4. The van der Waals surface area contributed by atoms with Gasteiger partial charge in [0.2, 0.25) is 0 Å². The molecule has 0 amide bonds. The molecule has 0 unspecified atom stereocenters. The van der Waals surface area contributed by atoms with Gasteiger partial charge in [-0.05, 0) is 14.0 Å². The lowest BCUT2D eigenvalue weighted by molar-refractivity contribution is -0.118. The predicted octanol–water partition coefficient (Wildman–Crippen LogP) is -0.949. The smallest absolute Gasteiger partial charge is 0.266 e. The number of ketones is 1. The number of carbonyl (C=O) groups excluding carboxylic acids is 1. The van der Waals surface area contributed by atoms with E-state index >= 15 is 0 Å². The lowest BCUT2D eigenvalue weighted by Gasteiger charge is -2.09. The SMILES string of the molecule is CN[C@@H](CS(=O)(=O)O)C(C)=O. The van der Waals surface area contributed by atoms with Crippen molar-refractivity contribution < 1.29 is 17.8 Å². The number of rotatable bonds is 4. The van der Waals surface area contributed by atoms with Crippen LogP contribution in [0.2, 0.25) is 0 Å². The zero-order valence-corrected chi connectivity index (χ0v) is 7.18. The molecule has 0 saturated carbocycles. The first-order valence-electron chi connectivity index (χ1n) is 2.99. The zero-order valence-electron chi connectivity index (χ0n) is 6.36. The number of carbonyl (C=O) groups is 1. The molecule has 0 aliphatic heterocycles. The molecule has 0 rings (SSSR count). The molecular formula is C5H11NO4S. The van der Waals surface area contributed by atoms with Gasteiger partial charge in [-0.3, -0.25) is 9.35 Å².